The topological polar surface area (TPSA) is 77.8 Å². The number of hydrogen-bond donors (Lipinski definition) is 1. The number of halogens is 1. The molecule has 0 saturated carbocycles. The Labute approximate surface area is 221 Å². The van der Waals surface area contributed by atoms with E-state index in [0.29, 0.717) is 30.7 Å². The summed E-state index contributed by atoms with van der Waals surface area (Å²) in [6, 6.07) is 10.4. The normalized spacial score (nSPS) is 17.9. The number of carbonyl (C=O) groups excluding carboxylic acids is 2. The van der Waals surface area contributed by atoms with Crippen molar-refractivity contribution >= 4 is 33.9 Å². The summed E-state index contributed by atoms with van der Waals surface area (Å²) in [5.41, 5.74) is 3.52. The number of thioether (sulfide) groups is 1. The van der Waals surface area contributed by atoms with Gasteiger partial charge in [0.2, 0.25) is 0 Å². The van der Waals surface area contributed by atoms with Gasteiger partial charge in [-0.1, -0.05) is 46.2 Å². The second kappa shape index (κ2) is 11.2. The molecule has 198 valence electrons. The van der Waals surface area contributed by atoms with Gasteiger partial charge in [0.15, 0.2) is 0 Å². The Bertz CT molecular complexity index is 1280. The number of aryl methyl sites for hydroxylation is 1. The van der Waals surface area contributed by atoms with Crippen molar-refractivity contribution in [1.82, 2.24) is 5.32 Å². The Balaban J connectivity index is 1.31. The van der Waals surface area contributed by atoms with Crippen molar-refractivity contribution in [2.24, 2.45) is 5.41 Å². The molecule has 1 atom stereocenters. The van der Waals surface area contributed by atoms with Gasteiger partial charge in [0.05, 0.1) is 19.5 Å². The van der Waals surface area contributed by atoms with Crippen LogP contribution in [0.25, 0.3) is 11.0 Å². The van der Waals surface area contributed by atoms with E-state index in [4.69, 9.17) is 13.9 Å². The van der Waals surface area contributed by atoms with E-state index in [-0.39, 0.29) is 11.0 Å². The molecule has 2 amide bonds. The zero-order valence-electron chi connectivity index (χ0n) is 21.8. The Morgan fingerprint density at radius 1 is 1.08 bits per heavy atom. The molecule has 6 nitrogen and oxygen atoms in total. The first kappa shape index (κ1) is 27.0. The Morgan fingerprint density at radius 2 is 1.84 bits per heavy atom. The first-order valence-electron chi connectivity index (χ1n) is 12.7. The lowest BCUT2D eigenvalue weighted by Gasteiger charge is -2.17. The van der Waals surface area contributed by atoms with Crippen molar-refractivity contribution < 1.29 is 27.9 Å². The highest BCUT2D eigenvalue weighted by Crippen LogP contribution is 2.43. The maximum Gasteiger partial charge on any atom is 0.289 e. The molecule has 0 spiro atoms. The quantitative estimate of drug-likeness (QED) is 0.263. The Hall–Kier alpha value is -3.00. The number of hydrogen-bond acceptors (Lipinski definition) is 6. The molecular weight excluding hydrogens is 493 g/mol. The third-order valence-corrected chi connectivity index (χ3v) is 7.10. The maximum absolute atomic E-state index is 15.0. The van der Waals surface area contributed by atoms with Gasteiger partial charge in [0.1, 0.15) is 17.1 Å². The third-order valence-electron chi connectivity index (χ3n) is 6.11. The number of imide groups is 1. The summed E-state index contributed by atoms with van der Waals surface area (Å²) in [4.78, 5) is 23.3. The molecule has 2 aromatic carbocycles. The standard InChI is InChI=1S/C29H34FNO5S/c1-5-9-23-24(13-12-22-19(17-28(2,3)4)18-36-25(22)23)35-15-7-6-14-34-21-11-8-10-20(16-21)29(30)26(32)31-27(33)37-29/h8,10-13,16,18H,5-7,9,14-15,17H2,1-4H3,(H,31,32,33). The maximum atomic E-state index is 15.0. The highest BCUT2D eigenvalue weighted by Gasteiger charge is 2.50. The number of nitrogens with one attached hydrogen (secondary N) is 1. The summed E-state index contributed by atoms with van der Waals surface area (Å²) in [5, 5.41) is 0.0232. The number of fused-ring (bicyclic) bond motifs is 1. The van der Waals surface area contributed by atoms with Crippen LogP contribution in [0.5, 0.6) is 11.5 Å². The van der Waals surface area contributed by atoms with E-state index >= 15 is 4.39 Å². The van der Waals surface area contributed by atoms with Crippen molar-refractivity contribution in [3.8, 4) is 11.5 Å². The van der Waals surface area contributed by atoms with Crippen molar-refractivity contribution in [1.29, 1.82) is 0 Å². The molecule has 37 heavy (non-hydrogen) atoms. The van der Waals surface area contributed by atoms with Crippen LogP contribution >= 0.6 is 11.8 Å². The molecule has 0 radical (unpaired) electrons. The summed E-state index contributed by atoms with van der Waals surface area (Å²) in [5.74, 6) is 0.343. The number of furan rings is 1. The molecule has 1 unspecified atom stereocenters. The lowest BCUT2D eigenvalue weighted by molar-refractivity contribution is -0.126. The van der Waals surface area contributed by atoms with Crippen molar-refractivity contribution in [2.45, 2.75) is 64.8 Å². The average Bonchev–Trinajstić information content (AvgIpc) is 3.35. The fourth-order valence-electron chi connectivity index (χ4n) is 4.45. The summed E-state index contributed by atoms with van der Waals surface area (Å²) in [6.07, 6.45) is 6.21. The predicted octanol–water partition coefficient (Wildman–Crippen LogP) is 7.32. The van der Waals surface area contributed by atoms with Gasteiger partial charge < -0.3 is 13.9 Å². The first-order chi connectivity index (χ1) is 17.6. The number of carbonyl (C=O) groups is 2. The lowest BCUT2D eigenvalue weighted by Crippen LogP contribution is -2.30. The van der Waals surface area contributed by atoms with E-state index in [1.54, 1.807) is 12.1 Å². The summed E-state index contributed by atoms with van der Waals surface area (Å²) < 4.78 is 32.9. The minimum atomic E-state index is -2.43. The molecule has 3 aromatic rings. The number of amides is 2. The lowest BCUT2D eigenvalue weighted by atomic mass is 9.88. The monoisotopic (exact) mass is 527 g/mol. The van der Waals surface area contributed by atoms with E-state index in [1.807, 2.05) is 17.6 Å². The molecule has 4 rings (SSSR count). The van der Waals surface area contributed by atoms with Crippen LogP contribution in [0.2, 0.25) is 0 Å². The van der Waals surface area contributed by atoms with Crippen LogP contribution in [0, 0.1) is 5.41 Å². The highest BCUT2D eigenvalue weighted by molar-refractivity contribution is 8.15. The highest BCUT2D eigenvalue weighted by atomic mass is 32.2. The van der Waals surface area contributed by atoms with Gasteiger partial charge in [0, 0.05) is 16.5 Å². The van der Waals surface area contributed by atoms with E-state index < -0.39 is 16.1 Å². The first-order valence-corrected chi connectivity index (χ1v) is 13.5. The second-order valence-electron chi connectivity index (χ2n) is 10.5. The molecule has 1 aromatic heterocycles. The number of rotatable bonds is 11. The van der Waals surface area contributed by atoms with Crippen LogP contribution in [0.3, 0.4) is 0 Å². The largest absolute Gasteiger partial charge is 0.494 e. The van der Waals surface area contributed by atoms with Gasteiger partial charge >= 0.3 is 0 Å². The zero-order chi connectivity index (χ0) is 26.6. The van der Waals surface area contributed by atoms with Crippen LogP contribution in [-0.4, -0.2) is 24.4 Å². The molecule has 1 N–H and O–H groups in total. The number of alkyl halides is 1. The molecule has 1 saturated heterocycles. The number of benzene rings is 2. The Kier molecular flexibility index (Phi) is 8.17. The van der Waals surface area contributed by atoms with E-state index in [9.17, 15) is 9.59 Å². The molecule has 1 aliphatic heterocycles. The minimum Gasteiger partial charge on any atom is -0.494 e. The van der Waals surface area contributed by atoms with Gasteiger partial charge in [-0.05, 0) is 72.7 Å². The minimum absolute atomic E-state index is 0.0871. The van der Waals surface area contributed by atoms with Gasteiger partial charge in [-0.25, -0.2) is 4.39 Å². The fraction of sp³-hybridized carbons (Fsp3) is 0.448. The molecular formula is C29H34FNO5S. The molecule has 2 heterocycles. The second-order valence-corrected chi connectivity index (χ2v) is 11.7. The molecule has 1 aliphatic rings. The predicted molar refractivity (Wildman–Crippen MR) is 144 cm³/mol. The van der Waals surface area contributed by atoms with Crippen LogP contribution < -0.4 is 14.8 Å². The van der Waals surface area contributed by atoms with Gasteiger partial charge in [0.25, 0.3) is 16.1 Å². The van der Waals surface area contributed by atoms with Crippen molar-refractivity contribution in [3.63, 3.8) is 0 Å². The molecule has 0 bridgehead atoms. The molecule has 1 fully saturated rings. The summed E-state index contributed by atoms with van der Waals surface area (Å²) in [7, 11) is 0. The SMILES string of the molecule is CCCc1c(OCCCCOc2cccc(C3(F)SC(=O)NC3=O)c2)ccc2c(CC(C)(C)C)coc12. The zero-order valence-corrected chi connectivity index (χ0v) is 22.6. The van der Waals surface area contributed by atoms with Crippen molar-refractivity contribution in [2.75, 3.05) is 13.2 Å². The van der Waals surface area contributed by atoms with Crippen LogP contribution in [0.1, 0.15) is 63.6 Å². The van der Waals surface area contributed by atoms with Gasteiger partial charge in [-0.3, -0.25) is 14.9 Å². The van der Waals surface area contributed by atoms with Crippen LogP contribution in [-0.2, 0) is 22.6 Å². The third kappa shape index (κ3) is 6.29. The van der Waals surface area contributed by atoms with Crippen molar-refractivity contribution in [3.05, 3.63) is 59.4 Å². The number of ether oxygens (including phenoxy) is 2. The van der Waals surface area contributed by atoms with Crippen LogP contribution in [0.15, 0.2) is 47.1 Å². The summed E-state index contributed by atoms with van der Waals surface area (Å²) in [6.45, 7) is 9.78. The average molecular weight is 528 g/mol. The van der Waals surface area contributed by atoms with Gasteiger partial charge in [-0.15, -0.1) is 0 Å². The van der Waals surface area contributed by atoms with E-state index in [2.05, 4.69) is 33.8 Å². The van der Waals surface area contributed by atoms with Crippen LogP contribution in [0.4, 0.5) is 9.18 Å². The number of unbranched alkanes of at least 4 members (excludes halogenated alkanes) is 1. The summed E-state index contributed by atoms with van der Waals surface area (Å²) >= 11 is 0.334. The fourth-order valence-corrected chi connectivity index (χ4v) is 5.23. The van der Waals surface area contributed by atoms with E-state index in [1.165, 1.54) is 17.7 Å². The van der Waals surface area contributed by atoms with E-state index in [0.717, 1.165) is 54.4 Å². The smallest absolute Gasteiger partial charge is 0.289 e. The molecule has 0 aliphatic carbocycles. The van der Waals surface area contributed by atoms with Gasteiger partial charge in [-0.2, -0.15) is 0 Å². The molecule has 8 heteroatoms. The Morgan fingerprint density at radius 3 is 2.51 bits per heavy atom.